The maximum Gasteiger partial charge on any atom is 0.226 e. The van der Waals surface area contributed by atoms with Crippen LogP contribution in [-0.4, -0.2) is 32.0 Å². The van der Waals surface area contributed by atoms with E-state index in [9.17, 15) is 4.79 Å². The molecule has 0 aromatic heterocycles. The van der Waals surface area contributed by atoms with E-state index in [2.05, 4.69) is 34.8 Å². The molecule has 0 atom stereocenters. The van der Waals surface area contributed by atoms with Crippen molar-refractivity contribution in [2.24, 2.45) is 10.9 Å². The summed E-state index contributed by atoms with van der Waals surface area (Å²) in [4.78, 5) is 16.1. The molecule has 1 amide bonds. The molecule has 5 nitrogen and oxygen atoms in total. The van der Waals surface area contributed by atoms with Crippen LogP contribution in [0.1, 0.15) is 32.3 Å². The third kappa shape index (κ3) is 8.73. The van der Waals surface area contributed by atoms with Crippen LogP contribution in [0.3, 0.4) is 0 Å². The summed E-state index contributed by atoms with van der Waals surface area (Å²) in [6.45, 7) is 7.63. The van der Waals surface area contributed by atoms with Gasteiger partial charge in [-0.15, -0.1) is 24.0 Å². The van der Waals surface area contributed by atoms with Gasteiger partial charge in [0.05, 0.1) is 0 Å². The molecule has 7 heteroatoms. The van der Waals surface area contributed by atoms with Crippen LogP contribution in [0.4, 0.5) is 5.69 Å². The number of benzene rings is 1. The number of carbonyl (C=O) groups excluding carboxylic acids is 1. The van der Waals surface area contributed by atoms with Crippen LogP contribution in [0, 0.1) is 12.8 Å². The molecule has 0 unspecified atom stereocenters. The maximum absolute atomic E-state index is 12.0. The van der Waals surface area contributed by atoms with Crippen molar-refractivity contribution in [1.82, 2.24) is 10.6 Å². The zero-order valence-electron chi connectivity index (χ0n) is 14.8. The van der Waals surface area contributed by atoms with Gasteiger partial charge in [0.15, 0.2) is 5.96 Å². The number of halogens is 2. The molecule has 0 heterocycles. The summed E-state index contributed by atoms with van der Waals surface area (Å²) < 4.78 is 0. The van der Waals surface area contributed by atoms with Gasteiger partial charge >= 0.3 is 0 Å². The van der Waals surface area contributed by atoms with Crippen molar-refractivity contribution >= 4 is 53.1 Å². The summed E-state index contributed by atoms with van der Waals surface area (Å²) in [5, 5.41) is 9.89. The molecule has 1 aromatic carbocycles. The quantitative estimate of drug-likeness (QED) is 0.325. The Labute approximate surface area is 167 Å². The Morgan fingerprint density at radius 2 is 1.92 bits per heavy atom. The minimum atomic E-state index is -0.0551. The molecule has 1 rings (SSSR count). The molecule has 0 radical (unpaired) electrons. The highest BCUT2D eigenvalue weighted by molar-refractivity contribution is 14.0. The summed E-state index contributed by atoms with van der Waals surface area (Å²) in [5.74, 6) is 1.31. The second kappa shape index (κ2) is 12.4. The normalized spacial score (nSPS) is 11.0. The molecule has 0 saturated heterocycles. The van der Waals surface area contributed by atoms with E-state index in [1.165, 1.54) is 0 Å². The predicted octanol–water partition coefficient (Wildman–Crippen LogP) is 3.81. The van der Waals surface area contributed by atoms with Gasteiger partial charge in [-0.3, -0.25) is 9.79 Å². The number of carbonyl (C=O) groups is 1. The molecule has 0 aliphatic heterocycles. The van der Waals surface area contributed by atoms with Crippen molar-refractivity contribution < 1.29 is 4.79 Å². The van der Waals surface area contributed by atoms with Gasteiger partial charge in [-0.2, -0.15) is 0 Å². The summed E-state index contributed by atoms with van der Waals surface area (Å²) in [7, 11) is 1.72. The Bertz CT molecular complexity index is 549. The molecular formula is C17H28ClIN4O. The predicted molar refractivity (Wildman–Crippen MR) is 114 cm³/mol. The van der Waals surface area contributed by atoms with E-state index in [-0.39, 0.29) is 29.9 Å². The molecule has 1 aromatic rings. The number of nitrogens with zero attached hydrogens (tertiary/aromatic N) is 1. The molecule has 24 heavy (non-hydrogen) atoms. The standard InChI is InChI=1S/C17H27ClN4O.HI/c1-12(2)8-10-20-17(19-4)21-11-9-16(23)22-15-7-5-6-14(18)13(15)3;/h5-7,12H,8-11H2,1-4H3,(H,22,23)(H2,19,20,21);1H. The first-order chi connectivity index (χ1) is 10.9. The van der Waals surface area contributed by atoms with Gasteiger partial charge in [-0.05, 0) is 37.0 Å². The van der Waals surface area contributed by atoms with E-state index in [0.717, 1.165) is 30.2 Å². The van der Waals surface area contributed by atoms with Crippen molar-refractivity contribution in [2.75, 3.05) is 25.5 Å². The molecule has 0 bridgehead atoms. The van der Waals surface area contributed by atoms with Crippen LogP contribution in [-0.2, 0) is 4.79 Å². The molecule has 0 spiro atoms. The highest BCUT2D eigenvalue weighted by Crippen LogP contribution is 2.22. The molecule has 136 valence electrons. The van der Waals surface area contributed by atoms with Crippen molar-refractivity contribution in [2.45, 2.75) is 33.6 Å². The molecular weight excluding hydrogens is 439 g/mol. The maximum atomic E-state index is 12.0. The Hall–Kier alpha value is -1.02. The topological polar surface area (TPSA) is 65.5 Å². The third-order valence-corrected chi connectivity index (χ3v) is 3.83. The summed E-state index contributed by atoms with van der Waals surface area (Å²) in [6, 6.07) is 5.48. The number of nitrogens with one attached hydrogen (secondary N) is 3. The van der Waals surface area contributed by atoms with E-state index < -0.39 is 0 Å². The van der Waals surface area contributed by atoms with E-state index in [1.807, 2.05) is 19.1 Å². The van der Waals surface area contributed by atoms with Crippen LogP contribution >= 0.6 is 35.6 Å². The molecule has 0 fully saturated rings. The van der Waals surface area contributed by atoms with Gasteiger partial charge in [-0.25, -0.2) is 0 Å². The monoisotopic (exact) mass is 466 g/mol. The average molecular weight is 467 g/mol. The van der Waals surface area contributed by atoms with Gasteiger partial charge in [0.25, 0.3) is 0 Å². The lowest BCUT2D eigenvalue weighted by Gasteiger charge is -2.13. The van der Waals surface area contributed by atoms with Crippen LogP contribution < -0.4 is 16.0 Å². The van der Waals surface area contributed by atoms with Crippen LogP contribution in [0.2, 0.25) is 5.02 Å². The first-order valence-electron chi connectivity index (χ1n) is 7.93. The first kappa shape index (κ1) is 23.0. The SMILES string of the molecule is CN=C(NCCC(=O)Nc1cccc(Cl)c1C)NCCC(C)C.I. The average Bonchev–Trinajstić information content (AvgIpc) is 2.50. The zero-order chi connectivity index (χ0) is 17.2. The van der Waals surface area contributed by atoms with Gasteiger partial charge in [0.2, 0.25) is 5.91 Å². The smallest absolute Gasteiger partial charge is 0.226 e. The zero-order valence-corrected chi connectivity index (χ0v) is 17.9. The van der Waals surface area contributed by atoms with E-state index in [0.29, 0.717) is 23.9 Å². The number of hydrogen-bond donors (Lipinski definition) is 3. The summed E-state index contributed by atoms with van der Waals surface area (Å²) in [5.41, 5.74) is 1.63. The lowest BCUT2D eigenvalue weighted by atomic mass is 10.1. The van der Waals surface area contributed by atoms with Gasteiger partial charge in [-0.1, -0.05) is 31.5 Å². The van der Waals surface area contributed by atoms with Crippen LogP contribution in [0.15, 0.2) is 23.2 Å². The molecule has 0 aliphatic carbocycles. The largest absolute Gasteiger partial charge is 0.356 e. The van der Waals surface area contributed by atoms with Crippen LogP contribution in [0.5, 0.6) is 0 Å². The van der Waals surface area contributed by atoms with Crippen molar-refractivity contribution in [1.29, 1.82) is 0 Å². The Morgan fingerprint density at radius 3 is 2.54 bits per heavy atom. The highest BCUT2D eigenvalue weighted by Gasteiger charge is 2.07. The number of amides is 1. The Balaban J connectivity index is 0.00000529. The number of rotatable bonds is 7. The van der Waals surface area contributed by atoms with Gasteiger partial charge in [0, 0.05) is 37.3 Å². The van der Waals surface area contributed by atoms with Crippen molar-refractivity contribution in [3.8, 4) is 0 Å². The Morgan fingerprint density at radius 1 is 1.25 bits per heavy atom. The summed E-state index contributed by atoms with van der Waals surface area (Å²) in [6.07, 6.45) is 1.44. The van der Waals surface area contributed by atoms with Gasteiger partial charge < -0.3 is 16.0 Å². The number of anilines is 1. The fourth-order valence-electron chi connectivity index (χ4n) is 1.95. The van der Waals surface area contributed by atoms with E-state index in [1.54, 1.807) is 13.1 Å². The van der Waals surface area contributed by atoms with Gasteiger partial charge in [0.1, 0.15) is 0 Å². The highest BCUT2D eigenvalue weighted by atomic mass is 127. The van der Waals surface area contributed by atoms with E-state index >= 15 is 0 Å². The molecule has 0 saturated carbocycles. The van der Waals surface area contributed by atoms with Crippen molar-refractivity contribution in [3.63, 3.8) is 0 Å². The number of aliphatic imine (C=N–C) groups is 1. The minimum absolute atomic E-state index is 0. The van der Waals surface area contributed by atoms with Crippen molar-refractivity contribution in [3.05, 3.63) is 28.8 Å². The number of guanidine groups is 1. The molecule has 3 N–H and O–H groups in total. The Kier molecular flexibility index (Phi) is 11.8. The third-order valence-electron chi connectivity index (χ3n) is 3.42. The second-order valence-corrected chi connectivity index (χ2v) is 6.23. The fraction of sp³-hybridized carbons (Fsp3) is 0.529. The summed E-state index contributed by atoms with van der Waals surface area (Å²) >= 11 is 6.04. The molecule has 0 aliphatic rings. The minimum Gasteiger partial charge on any atom is -0.356 e. The van der Waals surface area contributed by atoms with Crippen LogP contribution in [0.25, 0.3) is 0 Å². The second-order valence-electron chi connectivity index (χ2n) is 5.82. The van der Waals surface area contributed by atoms with E-state index in [4.69, 9.17) is 11.6 Å². The number of hydrogen-bond acceptors (Lipinski definition) is 2. The lowest BCUT2D eigenvalue weighted by Crippen LogP contribution is -2.39. The lowest BCUT2D eigenvalue weighted by molar-refractivity contribution is -0.116. The fourth-order valence-corrected chi connectivity index (χ4v) is 2.12. The first-order valence-corrected chi connectivity index (χ1v) is 8.31.